The number of carboxylic acids is 1. The van der Waals surface area contributed by atoms with Gasteiger partial charge >= 0.3 is 11.9 Å². The molecule has 0 aliphatic rings. The van der Waals surface area contributed by atoms with Crippen molar-refractivity contribution in [3.63, 3.8) is 0 Å². The number of nitro groups is 1. The lowest BCUT2D eigenvalue weighted by atomic mass is 10.0. The summed E-state index contributed by atoms with van der Waals surface area (Å²) in [5, 5.41) is 28.3. The lowest BCUT2D eigenvalue weighted by molar-refractivity contribution is -0.384. The molecule has 0 aliphatic heterocycles. The Morgan fingerprint density at radius 3 is 2.12 bits per heavy atom. The molecule has 0 spiro atoms. The fourth-order valence-electron chi connectivity index (χ4n) is 3.10. The Bertz CT molecular complexity index is 1160. The summed E-state index contributed by atoms with van der Waals surface area (Å²) in [6.45, 7) is -0.628. The molecule has 0 aliphatic carbocycles. The first-order valence-corrected chi connectivity index (χ1v) is 9.58. The van der Waals surface area contributed by atoms with Crippen LogP contribution in [0.3, 0.4) is 0 Å². The Kier molecular flexibility index (Phi) is 7.99. The van der Waals surface area contributed by atoms with Gasteiger partial charge in [0.15, 0.2) is 5.78 Å². The molecular weight excluding hydrogens is 450 g/mol. The van der Waals surface area contributed by atoms with E-state index in [1.165, 1.54) is 24.3 Å². The van der Waals surface area contributed by atoms with Crippen molar-refractivity contribution < 1.29 is 33.9 Å². The van der Waals surface area contributed by atoms with E-state index in [-0.39, 0.29) is 17.1 Å². The Morgan fingerprint density at radius 1 is 1.09 bits per heavy atom. The van der Waals surface area contributed by atoms with Crippen molar-refractivity contribution in [3.8, 4) is 0 Å². The normalized spacial score (nSPS) is 11.2. The first kappa shape index (κ1) is 25.5. The Balaban J connectivity index is 2.60. The minimum absolute atomic E-state index is 0.126. The summed E-state index contributed by atoms with van der Waals surface area (Å²) in [6, 6.07) is 6.95. The van der Waals surface area contributed by atoms with E-state index in [2.05, 4.69) is 4.74 Å². The molecule has 6 N–H and O–H groups in total. The average molecular weight is 471 g/mol. The minimum Gasteiger partial charge on any atom is -0.478 e. The van der Waals surface area contributed by atoms with Crippen molar-refractivity contribution in [2.45, 2.75) is 12.5 Å². The van der Waals surface area contributed by atoms with Crippen molar-refractivity contribution in [1.29, 1.82) is 5.41 Å². The van der Waals surface area contributed by atoms with E-state index < -0.39 is 58.8 Å². The maximum atomic E-state index is 13.0. The van der Waals surface area contributed by atoms with E-state index in [0.29, 0.717) is 5.56 Å². The van der Waals surface area contributed by atoms with Crippen LogP contribution < -0.4 is 16.4 Å². The zero-order valence-electron chi connectivity index (χ0n) is 17.9. The number of hydrogen-bond donors (Lipinski definition) is 4. The lowest BCUT2D eigenvalue weighted by Crippen LogP contribution is -2.48. The number of amidine groups is 1. The highest BCUT2D eigenvalue weighted by Crippen LogP contribution is 2.32. The number of carbonyl (C=O) groups is 4. The summed E-state index contributed by atoms with van der Waals surface area (Å²) >= 11 is 0. The smallest absolute Gasteiger partial charge is 0.335 e. The number of carboxylic acid groups (broad SMARTS) is 1. The third kappa shape index (κ3) is 5.91. The predicted molar refractivity (Wildman–Crippen MR) is 119 cm³/mol. The fraction of sp³-hybridized carbons (Fsp3) is 0.190. The molecule has 2 aromatic carbocycles. The first-order valence-electron chi connectivity index (χ1n) is 9.58. The second-order valence-corrected chi connectivity index (χ2v) is 7.01. The van der Waals surface area contributed by atoms with E-state index in [1.54, 1.807) is 0 Å². The van der Waals surface area contributed by atoms with Crippen LogP contribution in [0.5, 0.6) is 0 Å². The molecule has 13 nitrogen and oxygen atoms in total. The van der Waals surface area contributed by atoms with Crippen molar-refractivity contribution in [1.82, 2.24) is 0 Å². The molecule has 0 aromatic heterocycles. The molecule has 178 valence electrons. The number of nitrogens with one attached hydrogen (secondary N) is 1. The number of nitro benzene ring substituents is 1. The van der Waals surface area contributed by atoms with Crippen molar-refractivity contribution in [3.05, 3.63) is 69.3 Å². The topological polar surface area (TPSA) is 220 Å². The quantitative estimate of drug-likeness (QED) is 0.0896. The number of carbonyl (C=O) groups excluding carboxylic acids is 3. The molecule has 34 heavy (non-hydrogen) atoms. The summed E-state index contributed by atoms with van der Waals surface area (Å²) in [7, 11) is 1.07. The molecule has 1 atom stereocenters. The fourth-order valence-corrected chi connectivity index (χ4v) is 3.10. The van der Waals surface area contributed by atoms with Gasteiger partial charge in [-0.3, -0.25) is 29.9 Å². The van der Waals surface area contributed by atoms with Crippen LogP contribution in [-0.2, 0) is 14.3 Å². The van der Waals surface area contributed by atoms with Crippen LogP contribution in [-0.4, -0.2) is 59.2 Å². The molecule has 0 heterocycles. The summed E-state index contributed by atoms with van der Waals surface area (Å²) in [5.74, 6) is -4.19. The van der Waals surface area contributed by atoms with Gasteiger partial charge in [-0.15, -0.1) is 0 Å². The highest BCUT2D eigenvalue weighted by molar-refractivity contribution is 6.02. The highest BCUT2D eigenvalue weighted by atomic mass is 16.6. The maximum absolute atomic E-state index is 13.0. The third-order valence-corrected chi connectivity index (χ3v) is 4.85. The molecule has 2 aromatic rings. The Hall–Kier alpha value is -4.81. The van der Waals surface area contributed by atoms with Gasteiger partial charge in [0.25, 0.3) is 5.69 Å². The SMILES string of the molecule is COC(=O)CC(C(N)=O)N(CC(=O)c1ccc(C(=N)N)cc1)c1ccc(C(=O)O)cc1[N+](=O)[O-]. The number of Topliss-reactive ketones (excluding diaryl/α,β-unsaturated/α-hetero) is 1. The number of aromatic carboxylic acids is 1. The van der Waals surface area contributed by atoms with Crippen LogP contribution in [0.1, 0.15) is 32.7 Å². The van der Waals surface area contributed by atoms with E-state index in [1.807, 2.05) is 0 Å². The predicted octanol–water partition coefficient (Wildman–Crippen LogP) is 0.683. The largest absolute Gasteiger partial charge is 0.478 e. The molecule has 0 saturated carbocycles. The monoisotopic (exact) mass is 471 g/mol. The van der Waals surface area contributed by atoms with E-state index in [4.69, 9.17) is 16.9 Å². The van der Waals surface area contributed by atoms with Gasteiger partial charge in [0, 0.05) is 17.2 Å². The van der Waals surface area contributed by atoms with Gasteiger partial charge in [0.2, 0.25) is 5.91 Å². The van der Waals surface area contributed by atoms with Gasteiger partial charge in [-0.25, -0.2) is 4.79 Å². The van der Waals surface area contributed by atoms with Gasteiger partial charge in [-0.05, 0) is 12.1 Å². The molecule has 0 saturated heterocycles. The molecule has 0 radical (unpaired) electrons. The number of rotatable bonds is 11. The maximum Gasteiger partial charge on any atom is 0.335 e. The first-order chi connectivity index (χ1) is 16.0. The average Bonchev–Trinajstić information content (AvgIpc) is 2.80. The molecule has 0 fully saturated rings. The standard InChI is InChI=1S/C21H21N5O8/c1-34-18(28)9-16(20(24)29)25(10-17(27)11-2-4-12(5-3-11)19(22)23)14-7-6-13(21(30)31)8-15(14)26(32)33/h2-8,16H,9-10H2,1H3,(H3,22,23)(H2,24,29)(H,30,31). The van der Waals surface area contributed by atoms with Crippen molar-refractivity contribution in [2.75, 3.05) is 18.6 Å². The van der Waals surface area contributed by atoms with Crippen LogP contribution in [0.2, 0.25) is 0 Å². The Morgan fingerprint density at radius 2 is 1.65 bits per heavy atom. The number of anilines is 1. The van der Waals surface area contributed by atoms with Gasteiger partial charge in [-0.1, -0.05) is 24.3 Å². The number of benzene rings is 2. The zero-order valence-corrected chi connectivity index (χ0v) is 17.9. The summed E-state index contributed by atoms with van der Waals surface area (Å²) < 4.78 is 4.57. The van der Waals surface area contributed by atoms with Crippen LogP contribution in [0.4, 0.5) is 11.4 Å². The molecular formula is C21H21N5O8. The highest BCUT2D eigenvalue weighted by Gasteiger charge is 2.33. The molecule has 0 bridgehead atoms. The number of amides is 1. The van der Waals surface area contributed by atoms with Crippen molar-refractivity contribution >= 4 is 40.8 Å². The van der Waals surface area contributed by atoms with Gasteiger partial charge in [0.05, 0.1) is 30.6 Å². The number of methoxy groups -OCH3 is 1. The molecule has 1 amide bonds. The van der Waals surface area contributed by atoms with Crippen molar-refractivity contribution in [2.24, 2.45) is 11.5 Å². The number of nitrogens with zero attached hydrogens (tertiary/aromatic N) is 2. The van der Waals surface area contributed by atoms with Crippen LogP contribution in [0, 0.1) is 15.5 Å². The molecule has 2 rings (SSSR count). The van der Waals surface area contributed by atoms with Gasteiger partial charge < -0.3 is 26.2 Å². The number of ketones is 1. The summed E-state index contributed by atoms with van der Waals surface area (Å²) in [6.07, 6.45) is -0.625. The molecule has 13 heteroatoms. The summed E-state index contributed by atoms with van der Waals surface area (Å²) in [4.78, 5) is 60.2. The third-order valence-electron chi connectivity index (χ3n) is 4.85. The minimum atomic E-state index is -1.53. The van der Waals surface area contributed by atoms with Crippen LogP contribution in [0.15, 0.2) is 42.5 Å². The number of esters is 1. The van der Waals surface area contributed by atoms with Gasteiger partial charge in [0.1, 0.15) is 17.6 Å². The second kappa shape index (κ2) is 10.7. The number of primary amides is 1. The van der Waals surface area contributed by atoms with Crippen LogP contribution in [0.25, 0.3) is 0 Å². The van der Waals surface area contributed by atoms with Crippen LogP contribution >= 0.6 is 0 Å². The van der Waals surface area contributed by atoms with E-state index in [9.17, 15) is 34.4 Å². The second-order valence-electron chi connectivity index (χ2n) is 7.01. The number of hydrogen-bond acceptors (Lipinski definition) is 9. The molecule has 1 unspecified atom stereocenters. The number of nitrogen functional groups attached to an aromatic ring is 1. The van der Waals surface area contributed by atoms with Gasteiger partial charge in [-0.2, -0.15) is 0 Å². The van der Waals surface area contributed by atoms with E-state index >= 15 is 0 Å². The summed E-state index contributed by atoms with van der Waals surface area (Å²) in [5.41, 5.74) is 9.92. The number of ether oxygens (including phenoxy) is 1. The number of nitrogens with two attached hydrogens (primary N) is 2. The lowest BCUT2D eigenvalue weighted by Gasteiger charge is -2.30. The Labute approximate surface area is 192 Å². The zero-order chi connectivity index (χ0) is 25.6. The van der Waals surface area contributed by atoms with E-state index in [0.717, 1.165) is 30.2 Å².